The summed E-state index contributed by atoms with van der Waals surface area (Å²) >= 11 is 0. The van der Waals surface area contributed by atoms with Gasteiger partial charge in [0.15, 0.2) is 5.75 Å². The van der Waals surface area contributed by atoms with Gasteiger partial charge in [0.25, 0.3) is 0 Å². The Morgan fingerprint density at radius 3 is 2.68 bits per heavy atom. The topological polar surface area (TPSA) is 72.7 Å². The Bertz CT molecular complexity index is 471. The van der Waals surface area contributed by atoms with E-state index in [1.54, 1.807) is 18.2 Å². The second-order valence-electron chi connectivity index (χ2n) is 4.26. The average molecular weight is 284 g/mol. The maximum absolute atomic E-state index is 11.2. The summed E-state index contributed by atoms with van der Waals surface area (Å²) in [6.45, 7) is 2.69. The van der Waals surface area contributed by atoms with E-state index in [-0.39, 0.29) is 5.69 Å². The molecule has 0 N–H and O–H groups in total. The highest BCUT2D eigenvalue weighted by Crippen LogP contribution is 2.25. The molecule has 1 aliphatic heterocycles. The largest absolute Gasteiger partial charge is 0.485 e. The lowest BCUT2D eigenvalue weighted by Gasteiger charge is -2.25. The molecule has 2 rings (SSSR count). The van der Waals surface area contributed by atoms with E-state index in [9.17, 15) is 14.3 Å². The minimum absolute atomic E-state index is 0.0118. The summed E-state index contributed by atoms with van der Waals surface area (Å²) in [5.41, 5.74) is -0.0118. The van der Waals surface area contributed by atoms with Crippen LogP contribution in [0, 0.1) is 10.1 Å². The molecule has 0 atom stereocenters. The van der Waals surface area contributed by atoms with Crippen LogP contribution in [0.3, 0.4) is 0 Å². The fourth-order valence-electron chi connectivity index (χ4n) is 1.91. The van der Waals surface area contributed by atoms with E-state index < -0.39 is 15.7 Å². The summed E-state index contributed by atoms with van der Waals surface area (Å²) in [5, 5.41) is 10.8. The normalized spacial score (nSPS) is 17.3. The summed E-state index contributed by atoms with van der Waals surface area (Å²) < 4.78 is 16.7. The first kappa shape index (κ1) is 14.0. The molecule has 19 heavy (non-hydrogen) atoms. The molecule has 0 aliphatic carbocycles. The fraction of sp³-hybridized carbons (Fsp3) is 0.500. The molecular formula is C12H16N2O4S. The zero-order chi connectivity index (χ0) is 13.7. The van der Waals surface area contributed by atoms with Gasteiger partial charge in [0.05, 0.1) is 4.92 Å². The number of nitrogens with zero attached hydrogens (tertiary/aromatic N) is 2. The van der Waals surface area contributed by atoms with Gasteiger partial charge < -0.3 is 4.74 Å². The van der Waals surface area contributed by atoms with Crippen LogP contribution in [0.4, 0.5) is 5.69 Å². The summed E-state index contributed by atoms with van der Waals surface area (Å²) in [5.74, 6) is 1.70. The van der Waals surface area contributed by atoms with Crippen molar-refractivity contribution in [3.63, 3.8) is 0 Å². The van der Waals surface area contributed by atoms with Crippen LogP contribution < -0.4 is 4.74 Å². The Kier molecular flexibility index (Phi) is 4.86. The van der Waals surface area contributed by atoms with Crippen molar-refractivity contribution in [3.8, 4) is 5.75 Å². The van der Waals surface area contributed by atoms with E-state index in [4.69, 9.17) is 4.74 Å². The third kappa shape index (κ3) is 4.00. The number of para-hydroxylation sites is 2. The minimum atomic E-state index is -0.684. The molecule has 1 aromatic carbocycles. The highest BCUT2D eigenvalue weighted by molar-refractivity contribution is 7.85. The predicted molar refractivity (Wildman–Crippen MR) is 72.9 cm³/mol. The molecule has 0 saturated carbocycles. The zero-order valence-corrected chi connectivity index (χ0v) is 11.3. The molecule has 6 nitrogen and oxygen atoms in total. The third-order valence-corrected chi connectivity index (χ3v) is 4.27. The molecule has 7 heteroatoms. The maximum atomic E-state index is 11.2. The van der Waals surface area contributed by atoms with Crippen LogP contribution in [0.15, 0.2) is 24.3 Å². The number of benzene rings is 1. The van der Waals surface area contributed by atoms with E-state index in [1.807, 2.05) is 0 Å². The summed E-state index contributed by atoms with van der Waals surface area (Å²) in [7, 11) is -0.684. The van der Waals surface area contributed by atoms with Gasteiger partial charge in [0, 0.05) is 48.0 Å². The van der Waals surface area contributed by atoms with Crippen molar-refractivity contribution in [1.29, 1.82) is 0 Å². The van der Waals surface area contributed by atoms with Crippen molar-refractivity contribution >= 4 is 16.5 Å². The van der Waals surface area contributed by atoms with Gasteiger partial charge in [-0.3, -0.25) is 19.2 Å². The van der Waals surface area contributed by atoms with Crippen LogP contribution in [0.1, 0.15) is 0 Å². The molecule has 0 radical (unpaired) electrons. The first-order valence-corrected chi connectivity index (χ1v) is 7.59. The highest BCUT2D eigenvalue weighted by Gasteiger charge is 2.16. The van der Waals surface area contributed by atoms with Crippen LogP contribution in [-0.4, -0.2) is 51.8 Å². The molecule has 0 amide bonds. The molecule has 0 unspecified atom stereocenters. The lowest BCUT2D eigenvalue weighted by atomic mass is 10.3. The van der Waals surface area contributed by atoms with Gasteiger partial charge >= 0.3 is 5.69 Å². The van der Waals surface area contributed by atoms with Gasteiger partial charge in [0.2, 0.25) is 0 Å². The maximum Gasteiger partial charge on any atom is 0.310 e. The second-order valence-corrected chi connectivity index (χ2v) is 5.96. The number of rotatable bonds is 5. The molecule has 1 aliphatic rings. The molecule has 1 heterocycles. The van der Waals surface area contributed by atoms with Gasteiger partial charge in [-0.2, -0.15) is 0 Å². The van der Waals surface area contributed by atoms with Gasteiger partial charge in [-0.25, -0.2) is 0 Å². The Morgan fingerprint density at radius 1 is 1.32 bits per heavy atom. The quantitative estimate of drug-likeness (QED) is 0.596. The minimum Gasteiger partial charge on any atom is -0.485 e. The molecule has 104 valence electrons. The summed E-state index contributed by atoms with van der Waals surface area (Å²) in [4.78, 5) is 12.5. The molecule has 1 saturated heterocycles. The molecule has 1 fully saturated rings. The summed E-state index contributed by atoms with van der Waals surface area (Å²) in [6, 6.07) is 6.36. The lowest BCUT2D eigenvalue weighted by molar-refractivity contribution is -0.385. The van der Waals surface area contributed by atoms with Gasteiger partial charge in [-0.05, 0) is 6.07 Å². The molecule has 1 aromatic rings. The van der Waals surface area contributed by atoms with E-state index in [0.29, 0.717) is 30.4 Å². The molecule has 0 bridgehead atoms. The predicted octanol–water partition coefficient (Wildman–Crippen LogP) is 1.04. The van der Waals surface area contributed by atoms with Crippen molar-refractivity contribution in [1.82, 2.24) is 4.90 Å². The molecular weight excluding hydrogens is 268 g/mol. The lowest BCUT2D eigenvalue weighted by Crippen LogP contribution is -2.39. The Morgan fingerprint density at radius 2 is 2.00 bits per heavy atom. The second kappa shape index (κ2) is 6.63. The fourth-order valence-corrected chi connectivity index (χ4v) is 3.04. The SMILES string of the molecule is O=[N+]([O-])c1ccccc1OCCN1CCS(=O)CC1. The third-order valence-electron chi connectivity index (χ3n) is 3.00. The average Bonchev–Trinajstić information content (AvgIpc) is 2.41. The van der Waals surface area contributed by atoms with Crippen LogP contribution in [0.2, 0.25) is 0 Å². The number of hydrogen-bond donors (Lipinski definition) is 0. The van der Waals surface area contributed by atoms with E-state index >= 15 is 0 Å². The van der Waals surface area contributed by atoms with Crippen LogP contribution in [0.5, 0.6) is 5.75 Å². The van der Waals surface area contributed by atoms with Crippen LogP contribution in [0.25, 0.3) is 0 Å². The van der Waals surface area contributed by atoms with Gasteiger partial charge in [-0.1, -0.05) is 12.1 Å². The van der Waals surface area contributed by atoms with Crippen molar-refractivity contribution in [2.75, 3.05) is 37.7 Å². The molecule has 0 spiro atoms. The monoisotopic (exact) mass is 284 g/mol. The Labute approximate surface area is 114 Å². The van der Waals surface area contributed by atoms with Gasteiger partial charge in [0.1, 0.15) is 6.61 Å². The number of nitro groups is 1. The van der Waals surface area contributed by atoms with Gasteiger partial charge in [-0.15, -0.1) is 0 Å². The van der Waals surface area contributed by atoms with E-state index in [2.05, 4.69) is 4.90 Å². The standard InChI is InChI=1S/C12H16N2O4S/c15-14(16)11-3-1-2-4-12(11)18-8-5-13-6-9-19(17)10-7-13/h1-4H,5-10H2. The van der Waals surface area contributed by atoms with Crippen molar-refractivity contribution in [3.05, 3.63) is 34.4 Å². The van der Waals surface area contributed by atoms with Crippen molar-refractivity contribution in [2.45, 2.75) is 0 Å². The first-order chi connectivity index (χ1) is 9.16. The Hall–Kier alpha value is -1.47. The molecule has 0 aromatic heterocycles. The van der Waals surface area contributed by atoms with Crippen molar-refractivity contribution in [2.24, 2.45) is 0 Å². The van der Waals surface area contributed by atoms with Crippen LogP contribution in [-0.2, 0) is 10.8 Å². The summed E-state index contributed by atoms with van der Waals surface area (Å²) in [6.07, 6.45) is 0. The van der Waals surface area contributed by atoms with E-state index in [1.165, 1.54) is 6.07 Å². The smallest absolute Gasteiger partial charge is 0.310 e. The van der Waals surface area contributed by atoms with E-state index in [0.717, 1.165) is 13.1 Å². The zero-order valence-electron chi connectivity index (χ0n) is 10.5. The number of nitro benzene ring substituents is 1. The first-order valence-electron chi connectivity index (χ1n) is 6.10. The Balaban J connectivity index is 1.83. The van der Waals surface area contributed by atoms with Crippen LogP contribution >= 0.6 is 0 Å². The van der Waals surface area contributed by atoms with Crippen molar-refractivity contribution < 1.29 is 13.9 Å². The highest BCUT2D eigenvalue weighted by atomic mass is 32.2. The number of ether oxygens (including phenoxy) is 1. The number of hydrogen-bond acceptors (Lipinski definition) is 5.